The van der Waals surface area contributed by atoms with Crippen molar-refractivity contribution in [2.24, 2.45) is 0 Å². The summed E-state index contributed by atoms with van der Waals surface area (Å²) in [5, 5.41) is 5.56. The number of benzene rings is 2. The fourth-order valence-corrected chi connectivity index (χ4v) is 3.11. The number of amides is 3. The van der Waals surface area contributed by atoms with E-state index in [2.05, 4.69) is 10.6 Å². The van der Waals surface area contributed by atoms with Crippen LogP contribution in [-0.2, 0) is 9.53 Å². The number of urea groups is 1. The van der Waals surface area contributed by atoms with Gasteiger partial charge in [0.2, 0.25) is 5.91 Å². The standard InChI is InChI=1S/C20H23N3O3/c1-15(24)23(19-11-13-26-14-12-19)18-9-7-17(8-10-18)22-20(25)21-16-5-3-2-4-6-16/h2-10,19H,11-14H2,1H3,(H2,21,22,25). The minimum Gasteiger partial charge on any atom is -0.381 e. The van der Waals surface area contributed by atoms with Crippen LogP contribution in [0.25, 0.3) is 0 Å². The van der Waals surface area contributed by atoms with Crippen molar-refractivity contribution < 1.29 is 14.3 Å². The second-order valence-corrected chi connectivity index (χ2v) is 6.22. The van der Waals surface area contributed by atoms with Gasteiger partial charge in [-0.15, -0.1) is 0 Å². The Bertz CT molecular complexity index is 741. The maximum absolute atomic E-state index is 12.1. The van der Waals surface area contributed by atoms with Crippen molar-refractivity contribution in [1.29, 1.82) is 0 Å². The number of nitrogens with zero attached hydrogens (tertiary/aromatic N) is 1. The second-order valence-electron chi connectivity index (χ2n) is 6.22. The molecule has 0 saturated carbocycles. The molecule has 2 aromatic carbocycles. The van der Waals surface area contributed by atoms with Crippen molar-refractivity contribution in [1.82, 2.24) is 0 Å². The average molecular weight is 353 g/mol. The van der Waals surface area contributed by atoms with Crippen LogP contribution >= 0.6 is 0 Å². The van der Waals surface area contributed by atoms with E-state index in [1.807, 2.05) is 47.4 Å². The highest BCUT2D eigenvalue weighted by Gasteiger charge is 2.24. The molecule has 1 aliphatic rings. The van der Waals surface area contributed by atoms with E-state index in [-0.39, 0.29) is 18.0 Å². The molecule has 6 heteroatoms. The third kappa shape index (κ3) is 4.61. The maximum Gasteiger partial charge on any atom is 0.323 e. The summed E-state index contributed by atoms with van der Waals surface area (Å²) in [5.74, 6) is 0.0134. The topological polar surface area (TPSA) is 70.7 Å². The summed E-state index contributed by atoms with van der Waals surface area (Å²) in [6.45, 7) is 2.93. The summed E-state index contributed by atoms with van der Waals surface area (Å²) < 4.78 is 5.38. The molecular formula is C20H23N3O3. The highest BCUT2D eigenvalue weighted by molar-refractivity contribution is 6.00. The number of carbonyl (C=O) groups is 2. The Morgan fingerprint density at radius 3 is 2.08 bits per heavy atom. The van der Waals surface area contributed by atoms with Crippen LogP contribution < -0.4 is 15.5 Å². The Balaban J connectivity index is 1.65. The molecular weight excluding hydrogens is 330 g/mol. The number of hydrogen-bond donors (Lipinski definition) is 2. The van der Waals surface area contributed by atoms with Gasteiger partial charge in [0.15, 0.2) is 0 Å². The molecule has 1 fully saturated rings. The number of nitrogens with one attached hydrogen (secondary N) is 2. The molecule has 0 unspecified atom stereocenters. The molecule has 136 valence electrons. The van der Waals surface area contributed by atoms with Crippen LogP contribution in [0.1, 0.15) is 19.8 Å². The Morgan fingerprint density at radius 2 is 1.50 bits per heavy atom. The van der Waals surface area contributed by atoms with E-state index in [0.717, 1.165) is 24.2 Å². The number of para-hydroxylation sites is 1. The second kappa shape index (κ2) is 8.49. The zero-order valence-electron chi connectivity index (χ0n) is 14.8. The van der Waals surface area contributed by atoms with Crippen LogP contribution in [0.2, 0.25) is 0 Å². The van der Waals surface area contributed by atoms with Crippen LogP contribution in [-0.4, -0.2) is 31.2 Å². The smallest absolute Gasteiger partial charge is 0.323 e. The Hall–Kier alpha value is -2.86. The van der Waals surface area contributed by atoms with Gasteiger partial charge in [-0.05, 0) is 49.2 Å². The van der Waals surface area contributed by atoms with Gasteiger partial charge in [0, 0.05) is 43.2 Å². The Labute approximate surface area is 153 Å². The number of carbonyl (C=O) groups excluding carboxylic acids is 2. The highest BCUT2D eigenvalue weighted by atomic mass is 16.5. The van der Waals surface area contributed by atoms with Gasteiger partial charge >= 0.3 is 6.03 Å². The first-order valence-electron chi connectivity index (χ1n) is 8.74. The normalized spacial score (nSPS) is 14.5. The van der Waals surface area contributed by atoms with Gasteiger partial charge in [-0.2, -0.15) is 0 Å². The number of ether oxygens (including phenoxy) is 1. The first-order chi connectivity index (χ1) is 12.6. The molecule has 1 saturated heterocycles. The van der Waals surface area contributed by atoms with Gasteiger partial charge in [0.25, 0.3) is 0 Å². The lowest BCUT2D eigenvalue weighted by molar-refractivity contribution is -0.117. The Morgan fingerprint density at radius 1 is 0.923 bits per heavy atom. The van der Waals surface area contributed by atoms with Gasteiger partial charge in [-0.25, -0.2) is 4.79 Å². The largest absolute Gasteiger partial charge is 0.381 e. The number of anilines is 3. The maximum atomic E-state index is 12.1. The molecule has 1 heterocycles. The quantitative estimate of drug-likeness (QED) is 0.877. The van der Waals surface area contributed by atoms with E-state index in [9.17, 15) is 9.59 Å². The molecule has 26 heavy (non-hydrogen) atoms. The van der Waals surface area contributed by atoms with Crippen molar-refractivity contribution in [3.05, 3.63) is 54.6 Å². The Kier molecular flexibility index (Phi) is 5.86. The summed E-state index contributed by atoms with van der Waals surface area (Å²) in [5.41, 5.74) is 2.22. The highest BCUT2D eigenvalue weighted by Crippen LogP contribution is 2.25. The monoisotopic (exact) mass is 353 g/mol. The molecule has 1 aliphatic heterocycles. The third-order valence-electron chi connectivity index (χ3n) is 4.33. The molecule has 0 atom stereocenters. The summed E-state index contributed by atoms with van der Waals surface area (Å²) in [4.78, 5) is 26.0. The van der Waals surface area contributed by atoms with E-state index >= 15 is 0 Å². The van der Waals surface area contributed by atoms with Crippen molar-refractivity contribution in [3.8, 4) is 0 Å². The average Bonchev–Trinajstić information content (AvgIpc) is 2.65. The summed E-state index contributed by atoms with van der Waals surface area (Å²) >= 11 is 0. The van der Waals surface area contributed by atoms with Crippen molar-refractivity contribution in [3.63, 3.8) is 0 Å². The third-order valence-corrected chi connectivity index (χ3v) is 4.33. The molecule has 2 aromatic rings. The van der Waals surface area contributed by atoms with Crippen LogP contribution in [0.3, 0.4) is 0 Å². The molecule has 0 aliphatic carbocycles. The van der Waals surface area contributed by atoms with Crippen LogP contribution in [0.4, 0.5) is 21.9 Å². The van der Waals surface area contributed by atoms with E-state index < -0.39 is 0 Å². The van der Waals surface area contributed by atoms with E-state index in [0.29, 0.717) is 18.9 Å². The van der Waals surface area contributed by atoms with Crippen molar-refractivity contribution in [2.45, 2.75) is 25.8 Å². The first-order valence-corrected chi connectivity index (χ1v) is 8.74. The molecule has 0 bridgehead atoms. The van der Waals surface area contributed by atoms with Gasteiger partial charge < -0.3 is 20.3 Å². The van der Waals surface area contributed by atoms with Crippen LogP contribution in [0, 0.1) is 0 Å². The van der Waals surface area contributed by atoms with Crippen molar-refractivity contribution >= 4 is 29.0 Å². The molecule has 0 aromatic heterocycles. The summed E-state index contributed by atoms with van der Waals surface area (Å²) in [6.07, 6.45) is 1.66. The zero-order valence-corrected chi connectivity index (χ0v) is 14.8. The predicted octanol–water partition coefficient (Wildman–Crippen LogP) is 3.86. The van der Waals surface area contributed by atoms with E-state index in [1.165, 1.54) is 0 Å². The zero-order chi connectivity index (χ0) is 18.4. The van der Waals surface area contributed by atoms with Crippen molar-refractivity contribution in [2.75, 3.05) is 28.7 Å². The van der Waals surface area contributed by atoms with Gasteiger partial charge in [0.05, 0.1) is 0 Å². The fraction of sp³-hybridized carbons (Fsp3) is 0.300. The minimum absolute atomic E-state index is 0.0134. The van der Waals surface area contributed by atoms with Gasteiger partial charge in [-0.1, -0.05) is 18.2 Å². The molecule has 0 spiro atoms. The van der Waals surface area contributed by atoms with Crippen LogP contribution in [0.5, 0.6) is 0 Å². The molecule has 3 rings (SSSR count). The summed E-state index contributed by atoms with van der Waals surface area (Å²) in [6, 6.07) is 16.4. The van der Waals surface area contributed by atoms with E-state index in [1.54, 1.807) is 19.1 Å². The minimum atomic E-state index is -0.309. The van der Waals surface area contributed by atoms with Crippen LogP contribution in [0.15, 0.2) is 54.6 Å². The molecule has 0 radical (unpaired) electrons. The lowest BCUT2D eigenvalue weighted by Crippen LogP contribution is -2.42. The lowest BCUT2D eigenvalue weighted by Gasteiger charge is -2.33. The number of rotatable bonds is 4. The van der Waals surface area contributed by atoms with E-state index in [4.69, 9.17) is 4.74 Å². The molecule has 6 nitrogen and oxygen atoms in total. The lowest BCUT2D eigenvalue weighted by atomic mass is 10.1. The number of hydrogen-bond acceptors (Lipinski definition) is 3. The molecule has 2 N–H and O–H groups in total. The SMILES string of the molecule is CC(=O)N(c1ccc(NC(=O)Nc2ccccc2)cc1)C1CCOCC1. The fourth-order valence-electron chi connectivity index (χ4n) is 3.11. The van der Waals surface area contributed by atoms with Gasteiger partial charge in [0.1, 0.15) is 0 Å². The first kappa shape index (κ1) is 17.9. The predicted molar refractivity (Wildman–Crippen MR) is 103 cm³/mol. The molecule has 3 amide bonds. The summed E-state index contributed by atoms with van der Waals surface area (Å²) in [7, 11) is 0. The van der Waals surface area contributed by atoms with Gasteiger partial charge in [-0.3, -0.25) is 4.79 Å².